The van der Waals surface area contributed by atoms with Crippen molar-refractivity contribution in [3.05, 3.63) is 46.5 Å². The van der Waals surface area contributed by atoms with Crippen molar-refractivity contribution >= 4 is 29.0 Å². The Bertz CT molecular complexity index is 1780. The van der Waals surface area contributed by atoms with Crippen LogP contribution < -0.4 is 9.05 Å². The van der Waals surface area contributed by atoms with E-state index in [1.54, 1.807) is 11.8 Å². The van der Waals surface area contributed by atoms with Crippen molar-refractivity contribution in [2.45, 2.75) is 261 Å². The fraction of sp³-hybridized carbons (Fsp3) is 0.806. The summed E-state index contributed by atoms with van der Waals surface area (Å²) in [7, 11) is -3.54. The second-order valence-electron chi connectivity index (χ2n) is 27.4. The zero-order chi connectivity index (χ0) is 52.3. The van der Waals surface area contributed by atoms with Crippen LogP contribution in [0.15, 0.2) is 34.1 Å². The van der Waals surface area contributed by atoms with E-state index < -0.39 is 17.2 Å². The zero-order valence-corrected chi connectivity index (χ0v) is 51.4. The number of hydrogen-bond donors (Lipinski definition) is 0. The van der Waals surface area contributed by atoms with Gasteiger partial charge in [-0.3, -0.25) is 18.1 Å². The summed E-state index contributed by atoms with van der Waals surface area (Å²) in [5, 5.41) is 0. The minimum Gasteiger partial charge on any atom is -0.425 e. The molecule has 12 atom stereocenters. The Morgan fingerprint density at radius 2 is 0.676 bits per heavy atom. The van der Waals surface area contributed by atoms with E-state index in [1.807, 2.05) is 0 Å². The second-order valence-corrected chi connectivity index (χ2v) is 30.6. The standard InChI is InChI=1S/C62H104O6P2S/c1-37(2)47-25-21-41(9)31-53(47)63-69(64-54-32-42(10)22-26-48(54)38(3)4)67-59-51(61(15,16)17)29-45(13)35-57(59)71-58-36-46(14)30-52(62(18,19)20)60(58)68-70(65-55-33-43(11)23-27-49(55)39(5)6)66-56-34-44(12)24-28-50(56)40(7)8/h29-30,35-44,47-50,53-56H,21-28,31-34H2,1-20H3/t41-,42-,43-,44-,47+,48+,49+,50+,53-,54-,55-,56-/m1/s1. The lowest BCUT2D eigenvalue weighted by molar-refractivity contribution is -0.00342. The predicted molar refractivity (Wildman–Crippen MR) is 304 cm³/mol. The summed E-state index contributed by atoms with van der Waals surface area (Å²) in [6.07, 6.45) is 14.2. The van der Waals surface area contributed by atoms with E-state index in [4.69, 9.17) is 27.1 Å². The van der Waals surface area contributed by atoms with E-state index in [-0.39, 0.29) is 35.2 Å². The van der Waals surface area contributed by atoms with Gasteiger partial charge in [0.05, 0.1) is 34.2 Å². The third-order valence-corrected chi connectivity index (χ3v) is 20.8. The Labute approximate surface area is 443 Å². The summed E-state index contributed by atoms with van der Waals surface area (Å²) in [4.78, 5) is 2.13. The maximum absolute atomic E-state index is 7.61. The summed E-state index contributed by atoms with van der Waals surface area (Å²) in [5.74, 6) is 8.09. The van der Waals surface area contributed by atoms with Crippen LogP contribution in [-0.2, 0) is 28.9 Å². The molecule has 4 saturated carbocycles. The maximum atomic E-state index is 7.61. The van der Waals surface area contributed by atoms with Crippen LogP contribution in [0.25, 0.3) is 0 Å². The van der Waals surface area contributed by atoms with E-state index in [1.165, 1.54) is 73.6 Å². The molecule has 2 aromatic carbocycles. The molecule has 0 heterocycles. The van der Waals surface area contributed by atoms with Gasteiger partial charge in [0.15, 0.2) is 0 Å². The molecule has 0 N–H and O–H groups in total. The van der Waals surface area contributed by atoms with Gasteiger partial charge in [-0.25, -0.2) is 0 Å². The molecule has 0 radical (unpaired) electrons. The summed E-state index contributed by atoms with van der Waals surface area (Å²) in [5.41, 5.74) is 4.32. The van der Waals surface area contributed by atoms with Crippen LogP contribution in [0.4, 0.5) is 0 Å². The average molecular weight is 1040 g/mol. The molecule has 0 aromatic heterocycles. The van der Waals surface area contributed by atoms with Gasteiger partial charge in [-0.15, -0.1) is 0 Å². The van der Waals surface area contributed by atoms with Gasteiger partial charge in [0.25, 0.3) is 0 Å². The highest BCUT2D eigenvalue weighted by Crippen LogP contribution is 2.58. The van der Waals surface area contributed by atoms with E-state index >= 15 is 0 Å². The molecular formula is C62H104O6P2S. The first kappa shape index (κ1) is 59.3. The third-order valence-electron chi connectivity index (χ3n) is 17.3. The smallest absolute Gasteiger partial charge is 0.397 e. The molecule has 0 aliphatic heterocycles. The van der Waals surface area contributed by atoms with Gasteiger partial charge in [0, 0.05) is 11.1 Å². The molecule has 4 aliphatic rings. The first-order chi connectivity index (χ1) is 33.2. The number of benzene rings is 2. The molecule has 0 bridgehead atoms. The molecule has 0 amide bonds. The molecule has 0 saturated heterocycles. The molecule has 71 heavy (non-hydrogen) atoms. The van der Waals surface area contributed by atoms with Crippen molar-refractivity contribution in [2.75, 3.05) is 0 Å². The molecule has 9 heteroatoms. The van der Waals surface area contributed by atoms with Crippen molar-refractivity contribution in [1.82, 2.24) is 0 Å². The quantitative estimate of drug-likeness (QED) is 0.138. The highest BCUT2D eigenvalue weighted by atomic mass is 32.2. The van der Waals surface area contributed by atoms with Crippen LogP contribution in [0.3, 0.4) is 0 Å². The van der Waals surface area contributed by atoms with Crippen LogP contribution >= 0.6 is 29.0 Å². The average Bonchev–Trinajstić information content (AvgIpc) is 3.24. The van der Waals surface area contributed by atoms with Crippen LogP contribution in [0, 0.1) is 84.9 Å². The van der Waals surface area contributed by atoms with Crippen molar-refractivity contribution in [3.8, 4) is 11.5 Å². The molecule has 2 aromatic rings. The first-order valence-corrected chi connectivity index (χ1v) is 31.8. The van der Waals surface area contributed by atoms with Crippen LogP contribution in [-0.4, -0.2) is 24.4 Å². The van der Waals surface area contributed by atoms with Crippen molar-refractivity contribution in [2.24, 2.45) is 71.0 Å². The number of aryl methyl sites for hydroxylation is 2. The summed E-state index contributed by atoms with van der Waals surface area (Å²) in [6.45, 7) is 46.9. The lowest BCUT2D eigenvalue weighted by atomic mass is 9.75. The molecule has 6 rings (SSSR count). The van der Waals surface area contributed by atoms with Gasteiger partial charge < -0.3 is 9.05 Å². The normalized spacial score (nSPS) is 30.3. The predicted octanol–water partition coefficient (Wildman–Crippen LogP) is 20.2. The van der Waals surface area contributed by atoms with Gasteiger partial charge in [-0.2, -0.15) is 0 Å². The van der Waals surface area contributed by atoms with Gasteiger partial charge in [-0.05, 0) is 170 Å². The van der Waals surface area contributed by atoms with E-state index in [9.17, 15) is 0 Å². The van der Waals surface area contributed by atoms with Crippen molar-refractivity contribution < 1.29 is 27.1 Å². The summed E-state index contributed by atoms with van der Waals surface area (Å²) < 4.78 is 45.0. The topological polar surface area (TPSA) is 55.4 Å². The third kappa shape index (κ3) is 16.1. The molecule has 404 valence electrons. The molecular weight excluding hydrogens is 935 g/mol. The number of hydrogen-bond acceptors (Lipinski definition) is 7. The largest absolute Gasteiger partial charge is 0.425 e. The molecule has 6 nitrogen and oxygen atoms in total. The van der Waals surface area contributed by atoms with E-state index in [2.05, 4.69) is 163 Å². The Kier molecular flexibility index (Phi) is 21.3. The Morgan fingerprint density at radius 1 is 0.423 bits per heavy atom. The summed E-state index contributed by atoms with van der Waals surface area (Å²) >= 11 is 1.77. The molecule has 4 fully saturated rings. The van der Waals surface area contributed by atoms with Gasteiger partial charge in [0.1, 0.15) is 11.5 Å². The van der Waals surface area contributed by atoms with Crippen molar-refractivity contribution in [3.63, 3.8) is 0 Å². The van der Waals surface area contributed by atoms with Crippen LogP contribution in [0.2, 0.25) is 0 Å². The molecule has 0 spiro atoms. The van der Waals surface area contributed by atoms with E-state index in [0.717, 1.165) is 47.0 Å². The molecule has 0 unspecified atom stereocenters. The Hall–Kier alpha value is -0.910. The lowest BCUT2D eigenvalue weighted by Crippen LogP contribution is -2.36. The fourth-order valence-electron chi connectivity index (χ4n) is 12.7. The monoisotopic (exact) mass is 1040 g/mol. The Morgan fingerprint density at radius 3 is 0.901 bits per heavy atom. The minimum atomic E-state index is -1.77. The van der Waals surface area contributed by atoms with Gasteiger partial charge in [0.2, 0.25) is 0 Å². The number of rotatable bonds is 18. The Balaban J connectivity index is 1.48. The van der Waals surface area contributed by atoms with Gasteiger partial charge >= 0.3 is 17.2 Å². The van der Waals surface area contributed by atoms with Crippen LogP contribution in [0.5, 0.6) is 11.5 Å². The SMILES string of the molecule is Cc1cc(Sc2cc(C)cc(C(C)(C)C)c2OP(O[C@@H]2C[C@H](C)CC[C@H]2C(C)C)O[C@@H]2C[C@H](C)CC[C@H]2C(C)C)c(OP(O[C@@H]2C[C@H](C)CC[C@H]2C(C)C)O[C@@H]2C[C@H](C)CC[C@H]2C(C)C)c(C(C)(C)C)c1. The zero-order valence-electron chi connectivity index (χ0n) is 48.8. The maximum Gasteiger partial charge on any atom is 0.397 e. The highest BCUT2D eigenvalue weighted by Gasteiger charge is 2.43. The highest BCUT2D eigenvalue weighted by molar-refractivity contribution is 7.99. The van der Waals surface area contributed by atoms with Gasteiger partial charge in [-0.1, -0.05) is 174 Å². The summed E-state index contributed by atoms with van der Waals surface area (Å²) in [6, 6.07) is 9.34. The van der Waals surface area contributed by atoms with E-state index in [0.29, 0.717) is 71.0 Å². The molecule has 4 aliphatic carbocycles. The first-order valence-electron chi connectivity index (χ1n) is 28.8. The minimum absolute atomic E-state index is 0.0817. The lowest BCUT2D eigenvalue weighted by Gasteiger charge is -2.41. The van der Waals surface area contributed by atoms with Crippen LogP contribution in [0.1, 0.15) is 224 Å². The van der Waals surface area contributed by atoms with Crippen molar-refractivity contribution in [1.29, 1.82) is 0 Å². The second kappa shape index (κ2) is 25.5. The fourth-order valence-corrected chi connectivity index (χ4v) is 16.9.